The average molecular weight is 516 g/mol. The van der Waals surface area contributed by atoms with Crippen molar-refractivity contribution in [2.24, 2.45) is 0 Å². The van der Waals surface area contributed by atoms with Crippen LogP contribution < -0.4 is 10.9 Å². The first kappa shape index (κ1) is 24.8. The molecule has 1 amide bonds. The fraction of sp³-hybridized carbons (Fsp3) is 0.414. The summed E-state index contributed by atoms with van der Waals surface area (Å²) in [6.45, 7) is 8.09. The standard InChI is InChI=1S/C29H33N5O4/c1-19-14-26-24(27-25(29(36)32-26)17-31-34(27)22-6-10-37-11-7-22)15-23(19)28(35)30-16-20-2-4-21(5-3-20)18-33-8-12-38-13-9-33/h2-5,14-15,17,22H,6-13,16,18H2,1H3,(H,30,35)(H,32,36). The van der Waals surface area contributed by atoms with Crippen LogP contribution in [0.15, 0.2) is 47.4 Å². The molecule has 2 fully saturated rings. The molecule has 4 heterocycles. The highest BCUT2D eigenvalue weighted by Gasteiger charge is 2.22. The lowest BCUT2D eigenvalue weighted by Crippen LogP contribution is -2.35. The van der Waals surface area contributed by atoms with Crippen molar-refractivity contribution >= 4 is 27.7 Å². The van der Waals surface area contributed by atoms with E-state index in [0.717, 1.165) is 67.7 Å². The summed E-state index contributed by atoms with van der Waals surface area (Å²) in [5, 5.41) is 9.02. The third-order valence-corrected chi connectivity index (χ3v) is 7.68. The smallest absolute Gasteiger partial charge is 0.259 e. The number of amides is 1. The van der Waals surface area contributed by atoms with Crippen LogP contribution in [0.3, 0.4) is 0 Å². The Morgan fingerprint density at radius 1 is 1.03 bits per heavy atom. The first-order chi connectivity index (χ1) is 18.6. The molecule has 9 heteroatoms. The first-order valence-corrected chi connectivity index (χ1v) is 13.3. The van der Waals surface area contributed by atoms with E-state index in [4.69, 9.17) is 9.47 Å². The fourth-order valence-electron chi connectivity index (χ4n) is 5.50. The number of carbonyl (C=O) groups is 1. The monoisotopic (exact) mass is 515 g/mol. The SMILES string of the molecule is Cc1cc2[nH]c(=O)c3cnn(C4CCOCC4)c3c2cc1C(=O)NCc1ccc(CN2CCOCC2)cc1. The second-order valence-corrected chi connectivity index (χ2v) is 10.2. The highest BCUT2D eigenvalue weighted by Crippen LogP contribution is 2.29. The van der Waals surface area contributed by atoms with Gasteiger partial charge in [-0.2, -0.15) is 5.10 Å². The lowest BCUT2D eigenvalue weighted by Gasteiger charge is -2.26. The molecule has 0 bridgehead atoms. The number of H-pyrrole nitrogens is 1. The van der Waals surface area contributed by atoms with Crippen molar-refractivity contribution in [3.05, 3.63) is 75.2 Å². The summed E-state index contributed by atoms with van der Waals surface area (Å²) in [4.78, 5) is 31.5. The molecule has 2 aromatic carbocycles. The van der Waals surface area contributed by atoms with Crippen LogP contribution in [0.2, 0.25) is 0 Å². The van der Waals surface area contributed by atoms with Gasteiger partial charge >= 0.3 is 0 Å². The molecule has 0 aliphatic carbocycles. The Bertz CT molecular complexity index is 1510. The van der Waals surface area contributed by atoms with E-state index >= 15 is 0 Å². The molecule has 38 heavy (non-hydrogen) atoms. The molecule has 2 N–H and O–H groups in total. The summed E-state index contributed by atoms with van der Waals surface area (Å²) in [6.07, 6.45) is 3.32. The van der Waals surface area contributed by atoms with E-state index in [-0.39, 0.29) is 17.5 Å². The molecule has 0 spiro atoms. The number of ether oxygens (including phenoxy) is 2. The molecule has 2 aromatic heterocycles. The molecule has 4 aromatic rings. The average Bonchev–Trinajstić information content (AvgIpc) is 3.40. The summed E-state index contributed by atoms with van der Waals surface area (Å²) in [5.74, 6) is -0.140. The minimum atomic E-state index is -0.167. The Hall–Kier alpha value is -3.53. The van der Waals surface area contributed by atoms with Crippen LogP contribution in [0.1, 0.15) is 45.9 Å². The molecule has 2 aliphatic rings. The summed E-state index contributed by atoms with van der Waals surface area (Å²) in [7, 11) is 0. The molecule has 0 unspecified atom stereocenters. The Morgan fingerprint density at radius 3 is 2.50 bits per heavy atom. The van der Waals surface area contributed by atoms with E-state index < -0.39 is 0 Å². The molecular formula is C29H33N5O4. The van der Waals surface area contributed by atoms with E-state index in [1.54, 1.807) is 6.20 Å². The molecular weight excluding hydrogens is 482 g/mol. The molecule has 0 atom stereocenters. The largest absolute Gasteiger partial charge is 0.381 e. The number of hydrogen-bond acceptors (Lipinski definition) is 6. The number of pyridine rings is 1. The van der Waals surface area contributed by atoms with Crippen molar-refractivity contribution in [1.82, 2.24) is 25.0 Å². The third-order valence-electron chi connectivity index (χ3n) is 7.68. The van der Waals surface area contributed by atoms with E-state index in [1.165, 1.54) is 5.56 Å². The second-order valence-electron chi connectivity index (χ2n) is 10.2. The molecule has 198 valence electrons. The van der Waals surface area contributed by atoms with Gasteiger partial charge in [0, 0.05) is 50.3 Å². The van der Waals surface area contributed by atoms with Crippen molar-refractivity contribution in [3.63, 3.8) is 0 Å². The van der Waals surface area contributed by atoms with Crippen LogP contribution in [0.25, 0.3) is 21.8 Å². The number of rotatable bonds is 6. The van der Waals surface area contributed by atoms with Crippen molar-refractivity contribution in [3.8, 4) is 0 Å². The molecule has 0 radical (unpaired) electrons. The predicted octanol–water partition coefficient (Wildman–Crippen LogP) is 3.30. The van der Waals surface area contributed by atoms with Gasteiger partial charge < -0.3 is 19.8 Å². The van der Waals surface area contributed by atoms with Crippen molar-refractivity contribution in [2.45, 2.75) is 38.9 Å². The zero-order chi connectivity index (χ0) is 26.1. The van der Waals surface area contributed by atoms with Crippen molar-refractivity contribution < 1.29 is 14.3 Å². The van der Waals surface area contributed by atoms with Gasteiger partial charge in [0.15, 0.2) is 0 Å². The van der Waals surface area contributed by atoms with E-state index in [9.17, 15) is 9.59 Å². The molecule has 0 saturated carbocycles. The van der Waals surface area contributed by atoms with Crippen LogP contribution in [-0.2, 0) is 22.6 Å². The van der Waals surface area contributed by atoms with Crippen LogP contribution in [-0.4, -0.2) is 65.1 Å². The molecule has 2 saturated heterocycles. The number of nitrogens with zero attached hydrogens (tertiary/aromatic N) is 3. The Labute approximate surface area is 220 Å². The predicted molar refractivity (Wildman–Crippen MR) is 145 cm³/mol. The van der Waals surface area contributed by atoms with Crippen LogP contribution >= 0.6 is 0 Å². The van der Waals surface area contributed by atoms with Gasteiger partial charge in [-0.3, -0.25) is 19.2 Å². The third kappa shape index (κ3) is 4.97. The first-order valence-electron chi connectivity index (χ1n) is 13.3. The molecule has 6 rings (SSSR count). The van der Waals surface area contributed by atoms with E-state index in [0.29, 0.717) is 36.2 Å². The highest BCUT2D eigenvalue weighted by molar-refractivity contribution is 6.07. The minimum absolute atomic E-state index is 0.140. The fourth-order valence-corrected chi connectivity index (χ4v) is 5.50. The lowest BCUT2D eigenvalue weighted by molar-refractivity contribution is 0.0342. The Morgan fingerprint density at radius 2 is 1.74 bits per heavy atom. The number of aryl methyl sites for hydroxylation is 1. The highest BCUT2D eigenvalue weighted by atomic mass is 16.5. The van der Waals surface area contributed by atoms with E-state index in [1.807, 2.05) is 23.7 Å². The van der Waals surface area contributed by atoms with Crippen LogP contribution in [0, 0.1) is 6.92 Å². The van der Waals surface area contributed by atoms with Gasteiger partial charge in [-0.05, 0) is 48.6 Å². The number of hydrogen-bond donors (Lipinski definition) is 2. The molecule has 9 nitrogen and oxygen atoms in total. The summed E-state index contributed by atoms with van der Waals surface area (Å²) >= 11 is 0. The zero-order valence-electron chi connectivity index (χ0n) is 21.7. The number of aromatic amines is 1. The van der Waals surface area contributed by atoms with Gasteiger partial charge in [-0.25, -0.2) is 0 Å². The number of benzene rings is 2. The number of aromatic nitrogens is 3. The second kappa shape index (κ2) is 10.7. The van der Waals surface area contributed by atoms with Crippen molar-refractivity contribution in [2.75, 3.05) is 39.5 Å². The maximum absolute atomic E-state index is 13.3. The zero-order valence-corrected chi connectivity index (χ0v) is 21.7. The minimum Gasteiger partial charge on any atom is -0.381 e. The Kier molecular flexibility index (Phi) is 6.97. The summed E-state index contributed by atoms with van der Waals surface area (Å²) in [6, 6.07) is 12.3. The normalized spacial score (nSPS) is 17.3. The maximum Gasteiger partial charge on any atom is 0.259 e. The van der Waals surface area contributed by atoms with Gasteiger partial charge in [0.2, 0.25) is 0 Å². The number of fused-ring (bicyclic) bond motifs is 3. The maximum atomic E-state index is 13.3. The quantitative estimate of drug-likeness (QED) is 0.409. The molecule has 2 aliphatic heterocycles. The van der Waals surface area contributed by atoms with Gasteiger partial charge in [-0.1, -0.05) is 24.3 Å². The van der Waals surface area contributed by atoms with Gasteiger partial charge in [0.05, 0.1) is 41.9 Å². The summed E-state index contributed by atoms with van der Waals surface area (Å²) < 4.78 is 12.9. The topological polar surface area (TPSA) is 101 Å². The van der Waals surface area contributed by atoms with Crippen LogP contribution in [0.4, 0.5) is 0 Å². The number of carbonyl (C=O) groups excluding carboxylic acids is 1. The van der Waals surface area contributed by atoms with Gasteiger partial charge in [0.25, 0.3) is 11.5 Å². The number of morpholine rings is 1. The summed E-state index contributed by atoms with van der Waals surface area (Å²) in [5.41, 5.74) is 5.03. The van der Waals surface area contributed by atoms with E-state index in [2.05, 4.69) is 44.6 Å². The Balaban J connectivity index is 1.23. The number of nitrogens with one attached hydrogen (secondary N) is 2. The van der Waals surface area contributed by atoms with Gasteiger partial charge in [0.1, 0.15) is 0 Å². The lowest BCUT2D eigenvalue weighted by atomic mass is 10.0. The van der Waals surface area contributed by atoms with Crippen LogP contribution in [0.5, 0.6) is 0 Å². The van der Waals surface area contributed by atoms with Crippen molar-refractivity contribution in [1.29, 1.82) is 0 Å². The van der Waals surface area contributed by atoms with Gasteiger partial charge in [-0.15, -0.1) is 0 Å².